The fourth-order valence-electron chi connectivity index (χ4n) is 4.17. The van der Waals surface area contributed by atoms with Gasteiger partial charge in [-0.1, -0.05) is 32.0 Å². The number of aromatic nitrogens is 3. The highest BCUT2D eigenvalue weighted by atomic mass is 16.4. The summed E-state index contributed by atoms with van der Waals surface area (Å²) in [6, 6.07) is 2.70. The first-order valence-electron chi connectivity index (χ1n) is 12.6. The maximum absolute atomic E-state index is 13.4. The summed E-state index contributed by atoms with van der Waals surface area (Å²) in [7, 11) is 0. The highest BCUT2D eigenvalue weighted by molar-refractivity contribution is 5.95. The van der Waals surface area contributed by atoms with Crippen molar-refractivity contribution in [2.24, 2.45) is 11.7 Å². The minimum atomic E-state index is -1.55. The number of H-pyrrole nitrogens is 2. The lowest BCUT2D eigenvalue weighted by Crippen LogP contribution is -2.58. The number of carbonyl (C=O) groups excluding carboxylic acids is 3. The number of rotatable bonds is 14. The molecular weight excluding hydrogens is 506 g/mol. The van der Waals surface area contributed by atoms with Crippen LogP contribution in [0.4, 0.5) is 0 Å². The smallest absolute Gasteiger partial charge is 0.328 e. The zero-order valence-corrected chi connectivity index (χ0v) is 21.8. The Hall–Kier alpha value is -4.23. The van der Waals surface area contributed by atoms with Crippen molar-refractivity contribution in [3.05, 3.63) is 54.2 Å². The standard InChI is InChI=1S/C26H35N7O6/c1-14(2)7-20(31-23(35)18(27)9-16-11-28-13-30-16)24(36)32-21(25(37)33-22(12-34)26(38)39)8-15-10-29-19-6-4-3-5-17(15)19/h3-6,10-11,13-14,18,20-22,29,34H,7-9,12,27H2,1-2H3,(H,28,30)(H,31,35)(H,32,36)(H,33,37)(H,38,39). The van der Waals surface area contributed by atoms with Crippen LogP contribution in [0.25, 0.3) is 10.9 Å². The molecule has 3 aromatic rings. The number of carboxylic acids is 1. The second kappa shape index (κ2) is 13.5. The van der Waals surface area contributed by atoms with E-state index in [0.717, 1.165) is 10.9 Å². The van der Waals surface area contributed by atoms with Crippen molar-refractivity contribution in [1.29, 1.82) is 0 Å². The van der Waals surface area contributed by atoms with Gasteiger partial charge in [0, 0.05) is 41.8 Å². The Bertz CT molecular complexity index is 1270. The summed E-state index contributed by atoms with van der Waals surface area (Å²) < 4.78 is 0. The summed E-state index contributed by atoms with van der Waals surface area (Å²) in [5.41, 5.74) is 8.24. The van der Waals surface area contributed by atoms with Crippen molar-refractivity contribution in [3.63, 3.8) is 0 Å². The van der Waals surface area contributed by atoms with E-state index >= 15 is 0 Å². The maximum Gasteiger partial charge on any atom is 0.328 e. The summed E-state index contributed by atoms with van der Waals surface area (Å²) in [4.78, 5) is 60.7. The Balaban J connectivity index is 1.80. The van der Waals surface area contributed by atoms with Gasteiger partial charge in [0.25, 0.3) is 0 Å². The summed E-state index contributed by atoms with van der Waals surface area (Å²) in [6.45, 7) is 2.94. The number of carbonyl (C=O) groups is 4. The minimum Gasteiger partial charge on any atom is -0.480 e. The van der Waals surface area contributed by atoms with Crippen molar-refractivity contribution in [2.45, 2.75) is 57.3 Å². The molecule has 2 heterocycles. The molecule has 3 rings (SSSR count). The number of aliphatic hydroxyl groups is 1. The monoisotopic (exact) mass is 541 g/mol. The fourth-order valence-corrected chi connectivity index (χ4v) is 4.17. The molecule has 4 unspecified atom stereocenters. The second-order valence-corrected chi connectivity index (χ2v) is 9.78. The van der Waals surface area contributed by atoms with Gasteiger partial charge in [-0.2, -0.15) is 0 Å². The van der Waals surface area contributed by atoms with Gasteiger partial charge in [0.15, 0.2) is 0 Å². The van der Waals surface area contributed by atoms with Crippen LogP contribution in [0.2, 0.25) is 0 Å². The third-order valence-electron chi connectivity index (χ3n) is 6.20. The number of para-hydroxylation sites is 1. The fraction of sp³-hybridized carbons (Fsp3) is 0.423. The number of nitrogens with one attached hydrogen (secondary N) is 5. The van der Waals surface area contributed by atoms with Gasteiger partial charge in [-0.15, -0.1) is 0 Å². The summed E-state index contributed by atoms with van der Waals surface area (Å²) >= 11 is 0. The maximum atomic E-state index is 13.4. The van der Waals surface area contributed by atoms with Crippen molar-refractivity contribution >= 4 is 34.6 Å². The van der Waals surface area contributed by atoms with Crippen molar-refractivity contribution in [1.82, 2.24) is 30.9 Å². The van der Waals surface area contributed by atoms with Gasteiger partial charge in [-0.05, 0) is 24.0 Å². The molecule has 3 amide bonds. The van der Waals surface area contributed by atoms with Crippen LogP contribution < -0.4 is 21.7 Å². The predicted octanol–water partition coefficient (Wildman–Crippen LogP) is -0.419. The molecule has 2 aromatic heterocycles. The quantitative estimate of drug-likeness (QED) is 0.134. The van der Waals surface area contributed by atoms with E-state index in [1.807, 2.05) is 38.1 Å². The van der Waals surface area contributed by atoms with Gasteiger partial charge in [0.1, 0.15) is 18.1 Å². The SMILES string of the molecule is CC(C)CC(NC(=O)C(N)Cc1cnc[nH]1)C(=O)NC(Cc1c[nH]c2ccccc12)C(=O)NC(CO)C(=O)O. The molecule has 0 aliphatic rings. The number of amides is 3. The molecule has 0 aliphatic carbocycles. The number of hydrogen-bond acceptors (Lipinski definition) is 7. The van der Waals surface area contributed by atoms with E-state index in [-0.39, 0.29) is 25.2 Å². The number of fused-ring (bicyclic) bond motifs is 1. The van der Waals surface area contributed by atoms with Crippen LogP contribution in [0.3, 0.4) is 0 Å². The molecule has 0 bridgehead atoms. The third-order valence-corrected chi connectivity index (χ3v) is 6.20. The number of benzene rings is 1. The molecule has 13 heteroatoms. The van der Waals surface area contributed by atoms with Crippen LogP contribution in [-0.2, 0) is 32.0 Å². The number of aliphatic hydroxyl groups excluding tert-OH is 1. The van der Waals surface area contributed by atoms with Gasteiger partial charge < -0.3 is 41.9 Å². The van der Waals surface area contributed by atoms with Crippen LogP contribution >= 0.6 is 0 Å². The van der Waals surface area contributed by atoms with Crippen LogP contribution in [0.15, 0.2) is 43.0 Å². The summed E-state index contributed by atoms with van der Waals surface area (Å²) in [5, 5.41) is 27.1. The van der Waals surface area contributed by atoms with E-state index in [0.29, 0.717) is 11.3 Å². The first-order chi connectivity index (χ1) is 18.6. The Morgan fingerprint density at radius 2 is 1.62 bits per heavy atom. The van der Waals surface area contributed by atoms with Crippen LogP contribution in [0, 0.1) is 5.92 Å². The molecule has 210 valence electrons. The van der Waals surface area contributed by atoms with Gasteiger partial charge in [-0.25, -0.2) is 9.78 Å². The van der Waals surface area contributed by atoms with E-state index in [1.165, 1.54) is 6.33 Å². The minimum absolute atomic E-state index is 0.0107. The average Bonchev–Trinajstić information content (AvgIpc) is 3.55. The van der Waals surface area contributed by atoms with Gasteiger partial charge >= 0.3 is 5.97 Å². The molecule has 13 nitrogen and oxygen atoms in total. The van der Waals surface area contributed by atoms with Crippen LogP contribution in [0.5, 0.6) is 0 Å². The molecule has 0 spiro atoms. The van der Waals surface area contributed by atoms with Gasteiger partial charge in [0.05, 0.1) is 19.0 Å². The zero-order chi connectivity index (χ0) is 28.5. The molecule has 0 radical (unpaired) electrons. The largest absolute Gasteiger partial charge is 0.480 e. The van der Waals surface area contributed by atoms with E-state index in [1.54, 1.807) is 12.4 Å². The molecule has 0 saturated carbocycles. The molecule has 9 N–H and O–H groups in total. The molecular formula is C26H35N7O6. The van der Waals surface area contributed by atoms with Crippen molar-refractivity contribution in [3.8, 4) is 0 Å². The van der Waals surface area contributed by atoms with E-state index in [4.69, 9.17) is 5.73 Å². The van der Waals surface area contributed by atoms with E-state index in [2.05, 4.69) is 30.9 Å². The van der Waals surface area contributed by atoms with Gasteiger partial charge in [0.2, 0.25) is 17.7 Å². The third kappa shape index (κ3) is 8.12. The number of carboxylic acid groups (broad SMARTS) is 1. The van der Waals surface area contributed by atoms with Crippen LogP contribution in [0.1, 0.15) is 31.5 Å². The highest BCUT2D eigenvalue weighted by Crippen LogP contribution is 2.19. The number of nitrogens with zero attached hydrogens (tertiary/aromatic N) is 1. The Morgan fingerprint density at radius 1 is 0.949 bits per heavy atom. The number of imidazole rings is 1. The number of aromatic amines is 2. The molecule has 4 atom stereocenters. The van der Waals surface area contributed by atoms with E-state index in [9.17, 15) is 29.4 Å². The predicted molar refractivity (Wildman–Crippen MR) is 142 cm³/mol. The molecule has 0 fully saturated rings. The van der Waals surface area contributed by atoms with Crippen molar-refractivity contribution < 1.29 is 29.4 Å². The zero-order valence-electron chi connectivity index (χ0n) is 21.8. The lowest BCUT2D eigenvalue weighted by Gasteiger charge is -2.26. The molecule has 0 aliphatic heterocycles. The van der Waals surface area contributed by atoms with Gasteiger partial charge in [-0.3, -0.25) is 14.4 Å². The average molecular weight is 542 g/mol. The lowest BCUT2D eigenvalue weighted by molar-refractivity contribution is -0.143. The summed E-state index contributed by atoms with van der Waals surface area (Å²) in [6.07, 6.45) is 5.21. The lowest BCUT2D eigenvalue weighted by atomic mass is 10.00. The molecule has 1 aromatic carbocycles. The van der Waals surface area contributed by atoms with Crippen molar-refractivity contribution in [2.75, 3.05) is 6.61 Å². The Kier molecular flexibility index (Phi) is 10.2. The first kappa shape index (κ1) is 29.3. The Labute approximate surface area is 225 Å². The first-order valence-corrected chi connectivity index (χ1v) is 12.6. The molecule has 39 heavy (non-hydrogen) atoms. The number of aliphatic carboxylic acids is 1. The second-order valence-electron chi connectivity index (χ2n) is 9.78. The highest BCUT2D eigenvalue weighted by Gasteiger charge is 2.31. The summed E-state index contributed by atoms with van der Waals surface area (Å²) in [5.74, 6) is -3.37. The van der Waals surface area contributed by atoms with E-state index < -0.39 is 54.5 Å². The van der Waals surface area contributed by atoms with Crippen LogP contribution in [-0.4, -0.2) is 79.6 Å². The normalized spacial score (nSPS) is 14.4. The number of hydrogen-bond donors (Lipinski definition) is 8. The Morgan fingerprint density at radius 3 is 2.26 bits per heavy atom. The molecule has 0 saturated heterocycles. The topological polar surface area (TPSA) is 215 Å². The number of nitrogens with two attached hydrogens (primary N) is 1.